The highest BCUT2D eigenvalue weighted by Gasteiger charge is 2.38. The van der Waals surface area contributed by atoms with Crippen LogP contribution in [0.4, 0.5) is 32.0 Å². The number of methoxy groups -OCH3 is 1. The monoisotopic (exact) mass is 635 g/mol. The standard InChI is InChI=1S/C31H27F6N3O3S/c1-19-5-3-4-6-24(19)39-11-13-40(14-12-39)29-38-28(41)27(44-29)16-20-7-10-25(26(15-20)42-2)43-18-21-8-9-22(30(32,33)34)17-23(21)31(35,36)37/h3-10,15-17H,11-14,18H2,1-2H3/b27-16+. The SMILES string of the molecule is COc1cc(/C=C2/SC(N3CCN(c4ccccc4C)CC3)=NC2=O)ccc1OCc1ccc(C(F)(F)F)cc1C(F)(F)F. The molecule has 0 radical (unpaired) electrons. The number of nitrogens with zero attached hydrogens (tertiary/aromatic N) is 3. The van der Waals surface area contributed by atoms with Gasteiger partial charge in [-0.2, -0.15) is 31.3 Å². The van der Waals surface area contributed by atoms with Gasteiger partial charge in [0.1, 0.15) is 6.61 Å². The fourth-order valence-corrected chi connectivity index (χ4v) is 5.90. The number of aliphatic imine (C=N–C) groups is 1. The minimum Gasteiger partial charge on any atom is -0.493 e. The molecule has 2 aliphatic heterocycles. The molecule has 0 unspecified atom stereocenters. The van der Waals surface area contributed by atoms with Crippen LogP contribution in [0.1, 0.15) is 27.8 Å². The van der Waals surface area contributed by atoms with Crippen LogP contribution >= 0.6 is 11.8 Å². The molecule has 2 aliphatic rings. The second-order valence-electron chi connectivity index (χ2n) is 10.1. The second kappa shape index (κ2) is 12.5. The molecule has 0 aromatic heterocycles. The summed E-state index contributed by atoms with van der Waals surface area (Å²) in [6, 6.07) is 14.2. The lowest BCUT2D eigenvalue weighted by Gasteiger charge is -2.37. The number of halogens is 6. The number of aryl methyl sites for hydroxylation is 1. The van der Waals surface area contributed by atoms with Gasteiger partial charge in [-0.3, -0.25) is 4.79 Å². The summed E-state index contributed by atoms with van der Waals surface area (Å²) in [4.78, 5) is 21.7. The van der Waals surface area contributed by atoms with Gasteiger partial charge < -0.3 is 19.3 Å². The number of alkyl halides is 6. The van der Waals surface area contributed by atoms with E-state index in [0.717, 1.165) is 19.2 Å². The third-order valence-electron chi connectivity index (χ3n) is 7.23. The van der Waals surface area contributed by atoms with Gasteiger partial charge in [-0.05, 0) is 66.2 Å². The minimum absolute atomic E-state index is 0.0714. The number of benzene rings is 3. The molecule has 13 heteroatoms. The second-order valence-corrected chi connectivity index (χ2v) is 11.1. The quantitative estimate of drug-likeness (QED) is 0.208. The number of para-hydroxylation sites is 1. The maximum absolute atomic E-state index is 13.5. The number of amides is 1. The highest BCUT2D eigenvalue weighted by Crippen LogP contribution is 2.39. The number of thioether (sulfide) groups is 1. The Morgan fingerprint density at radius 1 is 0.886 bits per heavy atom. The van der Waals surface area contributed by atoms with Crippen molar-refractivity contribution in [1.82, 2.24) is 4.90 Å². The number of amidine groups is 1. The Balaban J connectivity index is 1.25. The molecule has 1 amide bonds. The van der Waals surface area contributed by atoms with Gasteiger partial charge in [-0.25, -0.2) is 0 Å². The van der Waals surface area contributed by atoms with Crippen LogP contribution in [-0.2, 0) is 23.8 Å². The first-order valence-corrected chi connectivity index (χ1v) is 14.3. The molecule has 1 saturated heterocycles. The number of anilines is 1. The van der Waals surface area contributed by atoms with Gasteiger partial charge >= 0.3 is 12.4 Å². The number of hydrogen-bond donors (Lipinski definition) is 0. The summed E-state index contributed by atoms with van der Waals surface area (Å²) in [6.45, 7) is 4.41. The van der Waals surface area contributed by atoms with Gasteiger partial charge in [0, 0.05) is 37.4 Å². The van der Waals surface area contributed by atoms with Crippen molar-refractivity contribution >= 4 is 34.6 Å². The predicted molar refractivity (Wildman–Crippen MR) is 157 cm³/mol. The molecule has 0 atom stereocenters. The molecule has 3 aromatic rings. The van der Waals surface area contributed by atoms with Gasteiger partial charge in [0.2, 0.25) is 0 Å². The topological polar surface area (TPSA) is 54.4 Å². The minimum atomic E-state index is -5.01. The summed E-state index contributed by atoms with van der Waals surface area (Å²) in [5.74, 6) is -0.132. The summed E-state index contributed by atoms with van der Waals surface area (Å²) < 4.78 is 90.4. The van der Waals surface area contributed by atoms with E-state index in [1.54, 1.807) is 18.2 Å². The van der Waals surface area contributed by atoms with Gasteiger partial charge in [-0.15, -0.1) is 0 Å². The molecule has 0 saturated carbocycles. The van der Waals surface area contributed by atoms with Crippen LogP contribution < -0.4 is 14.4 Å². The Morgan fingerprint density at radius 2 is 1.59 bits per heavy atom. The van der Waals surface area contributed by atoms with Crippen LogP contribution in [-0.4, -0.2) is 49.3 Å². The fourth-order valence-electron chi connectivity index (χ4n) is 4.93. The van der Waals surface area contributed by atoms with Gasteiger partial charge in [-0.1, -0.05) is 30.3 Å². The Labute approximate surface area is 254 Å². The van der Waals surface area contributed by atoms with E-state index in [4.69, 9.17) is 9.47 Å². The first-order chi connectivity index (χ1) is 20.8. The normalized spacial score (nSPS) is 16.9. The van der Waals surface area contributed by atoms with Crippen molar-refractivity contribution < 1.29 is 40.6 Å². The zero-order valence-electron chi connectivity index (χ0n) is 23.6. The third kappa shape index (κ3) is 6.98. The molecule has 5 rings (SSSR count). The number of ether oxygens (including phenoxy) is 2. The van der Waals surface area contributed by atoms with E-state index in [1.807, 2.05) is 12.1 Å². The smallest absolute Gasteiger partial charge is 0.416 e. The predicted octanol–water partition coefficient (Wildman–Crippen LogP) is 7.41. The largest absolute Gasteiger partial charge is 0.493 e. The van der Waals surface area contributed by atoms with Crippen molar-refractivity contribution in [2.24, 2.45) is 4.99 Å². The van der Waals surface area contributed by atoms with E-state index in [2.05, 4.69) is 33.8 Å². The van der Waals surface area contributed by atoms with Crippen molar-refractivity contribution in [3.8, 4) is 11.5 Å². The summed E-state index contributed by atoms with van der Waals surface area (Å²) in [5.41, 5.74) is -0.346. The first-order valence-electron chi connectivity index (χ1n) is 13.5. The van der Waals surface area contributed by atoms with Crippen LogP contribution in [0.5, 0.6) is 11.5 Å². The van der Waals surface area contributed by atoms with E-state index in [0.29, 0.717) is 34.8 Å². The van der Waals surface area contributed by atoms with Crippen molar-refractivity contribution in [1.29, 1.82) is 0 Å². The van der Waals surface area contributed by atoms with Crippen molar-refractivity contribution in [2.75, 3.05) is 38.2 Å². The van der Waals surface area contributed by atoms with Gasteiger partial charge in [0.25, 0.3) is 5.91 Å². The summed E-state index contributed by atoms with van der Waals surface area (Å²) in [6.07, 6.45) is -8.30. The lowest BCUT2D eigenvalue weighted by atomic mass is 10.0. The Hall–Kier alpha value is -4.13. The van der Waals surface area contributed by atoms with E-state index in [-0.39, 0.29) is 23.5 Å². The van der Waals surface area contributed by atoms with E-state index < -0.39 is 35.6 Å². The van der Waals surface area contributed by atoms with Crippen LogP contribution in [0, 0.1) is 6.92 Å². The molecule has 2 heterocycles. The molecule has 0 bridgehead atoms. The number of hydrogen-bond acceptors (Lipinski definition) is 6. The van der Waals surface area contributed by atoms with Gasteiger partial charge in [0.05, 0.1) is 23.1 Å². The molecule has 3 aromatic carbocycles. The van der Waals surface area contributed by atoms with Crippen molar-refractivity contribution in [3.63, 3.8) is 0 Å². The molecule has 44 heavy (non-hydrogen) atoms. The summed E-state index contributed by atoms with van der Waals surface area (Å²) >= 11 is 1.26. The number of carbonyl (C=O) groups excluding carboxylic acids is 1. The number of rotatable bonds is 6. The first kappa shape index (κ1) is 31.3. The van der Waals surface area contributed by atoms with E-state index in [9.17, 15) is 31.1 Å². The third-order valence-corrected chi connectivity index (χ3v) is 8.27. The Bertz CT molecular complexity index is 1610. The number of piperazine rings is 1. The molecular weight excluding hydrogens is 608 g/mol. The molecule has 6 nitrogen and oxygen atoms in total. The highest BCUT2D eigenvalue weighted by atomic mass is 32.2. The maximum Gasteiger partial charge on any atom is 0.416 e. The summed E-state index contributed by atoms with van der Waals surface area (Å²) in [5, 5.41) is 0.620. The fraction of sp³-hybridized carbons (Fsp3) is 0.290. The molecule has 0 N–H and O–H groups in total. The van der Waals surface area contributed by atoms with Crippen LogP contribution in [0.25, 0.3) is 6.08 Å². The maximum atomic E-state index is 13.5. The lowest BCUT2D eigenvalue weighted by Crippen LogP contribution is -2.48. The lowest BCUT2D eigenvalue weighted by molar-refractivity contribution is -0.143. The van der Waals surface area contributed by atoms with Crippen LogP contribution in [0.3, 0.4) is 0 Å². The molecule has 0 spiro atoms. The van der Waals surface area contributed by atoms with Crippen molar-refractivity contribution in [3.05, 3.63) is 93.4 Å². The van der Waals surface area contributed by atoms with Crippen LogP contribution in [0.2, 0.25) is 0 Å². The number of carbonyl (C=O) groups is 1. The Morgan fingerprint density at radius 3 is 2.25 bits per heavy atom. The van der Waals surface area contributed by atoms with E-state index in [1.165, 1.54) is 36.2 Å². The molecule has 0 aliphatic carbocycles. The zero-order chi connectivity index (χ0) is 31.6. The Kier molecular flexibility index (Phi) is 8.87. The van der Waals surface area contributed by atoms with Gasteiger partial charge in [0.15, 0.2) is 16.7 Å². The van der Waals surface area contributed by atoms with Crippen LogP contribution in [0.15, 0.2) is 70.6 Å². The molecule has 232 valence electrons. The van der Waals surface area contributed by atoms with Crippen molar-refractivity contribution in [2.45, 2.75) is 25.9 Å². The molecule has 1 fully saturated rings. The molecular formula is C31H27F6N3O3S. The van der Waals surface area contributed by atoms with E-state index >= 15 is 0 Å². The average Bonchev–Trinajstić information content (AvgIpc) is 3.35. The average molecular weight is 636 g/mol. The zero-order valence-corrected chi connectivity index (χ0v) is 24.4. The summed E-state index contributed by atoms with van der Waals surface area (Å²) in [7, 11) is 1.34. The highest BCUT2D eigenvalue weighted by molar-refractivity contribution is 8.18.